The number of carbonyl (C=O) groups excluding carboxylic acids is 2. The maximum atomic E-state index is 12.0. The minimum atomic E-state index is -0.752. The van der Waals surface area contributed by atoms with Crippen LogP contribution in [0.1, 0.15) is 38.1 Å². The van der Waals surface area contributed by atoms with E-state index in [1.165, 1.54) is 19.2 Å². The molecule has 1 amide bonds. The molecule has 0 bridgehead atoms. The molecule has 0 heterocycles. The van der Waals surface area contributed by atoms with E-state index < -0.39 is 6.10 Å². The summed E-state index contributed by atoms with van der Waals surface area (Å²) in [6, 6.07) is 2.96. The molecule has 5 nitrogen and oxygen atoms in total. The van der Waals surface area contributed by atoms with E-state index in [0.29, 0.717) is 17.6 Å². The smallest absolute Gasteiger partial charge is 0.261 e. The first-order valence-corrected chi connectivity index (χ1v) is 6.87. The van der Waals surface area contributed by atoms with Gasteiger partial charge in [0.05, 0.1) is 12.1 Å². The molecule has 116 valence electrons. The number of benzene rings is 1. The standard InChI is InChI=1S/C15H20ClNO4/c1-9(14(19)17-15(2,3)4)21-13-11(16)6-10(8-18)7-12(13)20-5/h6-9H,1-5H3,(H,17,19). The van der Waals surface area contributed by atoms with Crippen LogP contribution in [0.5, 0.6) is 11.5 Å². The number of halogens is 1. The van der Waals surface area contributed by atoms with Gasteiger partial charge in [-0.3, -0.25) is 9.59 Å². The Morgan fingerprint density at radius 2 is 2.00 bits per heavy atom. The van der Waals surface area contributed by atoms with Gasteiger partial charge in [0, 0.05) is 11.1 Å². The first-order chi connectivity index (χ1) is 9.67. The topological polar surface area (TPSA) is 64.6 Å². The molecule has 0 fully saturated rings. The highest BCUT2D eigenvalue weighted by Crippen LogP contribution is 2.36. The average Bonchev–Trinajstić information content (AvgIpc) is 2.38. The lowest BCUT2D eigenvalue weighted by molar-refractivity contribution is -0.128. The molecule has 1 atom stereocenters. The molecule has 1 aromatic rings. The summed E-state index contributed by atoms with van der Waals surface area (Å²) in [5, 5.41) is 3.03. The lowest BCUT2D eigenvalue weighted by Gasteiger charge is -2.24. The van der Waals surface area contributed by atoms with Crippen molar-refractivity contribution < 1.29 is 19.1 Å². The Morgan fingerprint density at radius 3 is 2.48 bits per heavy atom. The van der Waals surface area contributed by atoms with Gasteiger partial charge >= 0.3 is 0 Å². The van der Waals surface area contributed by atoms with Crippen LogP contribution >= 0.6 is 11.6 Å². The second kappa shape index (κ2) is 6.80. The number of nitrogens with one attached hydrogen (secondary N) is 1. The van der Waals surface area contributed by atoms with Gasteiger partial charge < -0.3 is 14.8 Å². The van der Waals surface area contributed by atoms with Crippen LogP contribution in [-0.4, -0.2) is 30.9 Å². The Bertz CT molecular complexity index is 537. The van der Waals surface area contributed by atoms with Crippen molar-refractivity contribution >= 4 is 23.8 Å². The zero-order valence-corrected chi connectivity index (χ0v) is 13.6. The third-order valence-electron chi connectivity index (χ3n) is 2.55. The Morgan fingerprint density at radius 1 is 1.38 bits per heavy atom. The molecule has 1 unspecified atom stereocenters. The fourth-order valence-electron chi connectivity index (χ4n) is 1.62. The second-order valence-electron chi connectivity index (χ2n) is 5.65. The lowest BCUT2D eigenvalue weighted by atomic mass is 10.1. The van der Waals surface area contributed by atoms with Crippen LogP contribution in [0.2, 0.25) is 5.02 Å². The van der Waals surface area contributed by atoms with Crippen LogP contribution in [0.25, 0.3) is 0 Å². The Balaban J connectivity index is 2.97. The van der Waals surface area contributed by atoms with Crippen molar-refractivity contribution in [3.8, 4) is 11.5 Å². The molecule has 1 rings (SSSR count). The monoisotopic (exact) mass is 313 g/mol. The third-order valence-corrected chi connectivity index (χ3v) is 2.83. The van der Waals surface area contributed by atoms with Gasteiger partial charge in [-0.1, -0.05) is 11.6 Å². The third kappa shape index (κ3) is 4.93. The second-order valence-corrected chi connectivity index (χ2v) is 6.06. The highest BCUT2D eigenvalue weighted by molar-refractivity contribution is 6.32. The molecule has 0 aliphatic carbocycles. The van der Waals surface area contributed by atoms with E-state index in [1.54, 1.807) is 6.92 Å². The summed E-state index contributed by atoms with van der Waals surface area (Å²) in [5.41, 5.74) is 0.0141. The fraction of sp³-hybridized carbons (Fsp3) is 0.467. The van der Waals surface area contributed by atoms with Gasteiger partial charge in [0.2, 0.25) is 0 Å². The van der Waals surface area contributed by atoms with Crippen LogP contribution in [-0.2, 0) is 4.79 Å². The Kier molecular flexibility index (Phi) is 5.61. The molecule has 0 aliphatic rings. The van der Waals surface area contributed by atoms with Gasteiger partial charge in [-0.15, -0.1) is 0 Å². The highest BCUT2D eigenvalue weighted by atomic mass is 35.5. The normalized spacial score (nSPS) is 12.5. The van der Waals surface area contributed by atoms with Crippen LogP contribution < -0.4 is 14.8 Å². The minimum Gasteiger partial charge on any atom is -0.493 e. The predicted octanol–water partition coefficient (Wildman–Crippen LogP) is 2.84. The lowest BCUT2D eigenvalue weighted by Crippen LogP contribution is -2.46. The highest BCUT2D eigenvalue weighted by Gasteiger charge is 2.23. The maximum Gasteiger partial charge on any atom is 0.261 e. The van der Waals surface area contributed by atoms with Gasteiger partial charge in [0.25, 0.3) is 5.91 Å². The van der Waals surface area contributed by atoms with E-state index in [9.17, 15) is 9.59 Å². The Labute approximate surface area is 129 Å². The van der Waals surface area contributed by atoms with Gasteiger partial charge in [0.15, 0.2) is 17.6 Å². The molecule has 0 aromatic heterocycles. The molecule has 0 spiro atoms. The van der Waals surface area contributed by atoms with Crippen molar-refractivity contribution in [3.05, 3.63) is 22.7 Å². The molecule has 6 heteroatoms. The van der Waals surface area contributed by atoms with E-state index in [4.69, 9.17) is 21.1 Å². The van der Waals surface area contributed by atoms with E-state index in [-0.39, 0.29) is 22.2 Å². The summed E-state index contributed by atoms with van der Waals surface area (Å²) >= 11 is 6.08. The molecular formula is C15H20ClNO4. The zero-order valence-electron chi connectivity index (χ0n) is 12.8. The number of ether oxygens (including phenoxy) is 2. The van der Waals surface area contributed by atoms with Crippen molar-refractivity contribution in [2.24, 2.45) is 0 Å². The van der Waals surface area contributed by atoms with Gasteiger partial charge in [0.1, 0.15) is 6.29 Å². The number of carbonyl (C=O) groups is 2. The van der Waals surface area contributed by atoms with Crippen LogP contribution in [0.4, 0.5) is 0 Å². The van der Waals surface area contributed by atoms with Crippen molar-refractivity contribution in [2.45, 2.75) is 39.3 Å². The molecule has 0 saturated heterocycles. The van der Waals surface area contributed by atoms with Crippen molar-refractivity contribution in [3.63, 3.8) is 0 Å². The zero-order chi connectivity index (χ0) is 16.2. The molecule has 1 aromatic carbocycles. The summed E-state index contributed by atoms with van der Waals surface area (Å²) in [7, 11) is 1.44. The Hall–Kier alpha value is -1.75. The number of amides is 1. The largest absolute Gasteiger partial charge is 0.493 e. The maximum absolute atomic E-state index is 12.0. The predicted molar refractivity (Wildman–Crippen MR) is 81.4 cm³/mol. The van der Waals surface area contributed by atoms with Crippen LogP contribution in [0, 0.1) is 0 Å². The summed E-state index contributed by atoms with van der Waals surface area (Å²) in [5.74, 6) is 0.279. The average molecular weight is 314 g/mol. The molecule has 0 saturated carbocycles. The number of methoxy groups -OCH3 is 1. The summed E-state index contributed by atoms with van der Waals surface area (Å²) in [4.78, 5) is 22.8. The van der Waals surface area contributed by atoms with Gasteiger partial charge in [-0.05, 0) is 39.8 Å². The number of aldehydes is 1. The quantitative estimate of drug-likeness (QED) is 0.849. The van der Waals surface area contributed by atoms with Crippen molar-refractivity contribution in [1.29, 1.82) is 0 Å². The summed E-state index contributed by atoms with van der Waals surface area (Å²) < 4.78 is 10.7. The van der Waals surface area contributed by atoms with Crippen LogP contribution in [0.15, 0.2) is 12.1 Å². The van der Waals surface area contributed by atoms with E-state index in [1.807, 2.05) is 20.8 Å². The van der Waals surface area contributed by atoms with Gasteiger partial charge in [-0.2, -0.15) is 0 Å². The summed E-state index contributed by atoms with van der Waals surface area (Å²) in [6.45, 7) is 7.25. The van der Waals surface area contributed by atoms with E-state index in [0.717, 1.165) is 0 Å². The van der Waals surface area contributed by atoms with Gasteiger partial charge in [-0.25, -0.2) is 0 Å². The minimum absolute atomic E-state index is 0.215. The molecule has 0 aliphatic heterocycles. The fourth-order valence-corrected chi connectivity index (χ4v) is 1.89. The molecular weight excluding hydrogens is 294 g/mol. The first-order valence-electron chi connectivity index (χ1n) is 6.49. The van der Waals surface area contributed by atoms with Crippen molar-refractivity contribution in [2.75, 3.05) is 7.11 Å². The van der Waals surface area contributed by atoms with E-state index >= 15 is 0 Å². The van der Waals surface area contributed by atoms with Crippen LogP contribution in [0.3, 0.4) is 0 Å². The van der Waals surface area contributed by atoms with Crippen molar-refractivity contribution in [1.82, 2.24) is 5.32 Å². The SMILES string of the molecule is COc1cc(C=O)cc(Cl)c1OC(C)C(=O)NC(C)(C)C. The summed E-state index contributed by atoms with van der Waals surface area (Å²) in [6.07, 6.45) is -0.0915. The number of hydrogen-bond donors (Lipinski definition) is 1. The molecule has 1 N–H and O–H groups in total. The molecule has 21 heavy (non-hydrogen) atoms. The number of rotatable bonds is 5. The molecule has 0 radical (unpaired) electrons. The van der Waals surface area contributed by atoms with E-state index in [2.05, 4.69) is 5.32 Å². The number of hydrogen-bond acceptors (Lipinski definition) is 4. The first kappa shape index (κ1) is 17.3.